The van der Waals surface area contributed by atoms with Crippen LogP contribution < -0.4 is 4.98 Å². The molecule has 40 heavy (non-hydrogen) atoms. The first-order valence-corrected chi connectivity index (χ1v) is 12.6. The van der Waals surface area contributed by atoms with Gasteiger partial charge in [0, 0.05) is 38.7 Å². The quantitative estimate of drug-likeness (QED) is 0.138. The van der Waals surface area contributed by atoms with Crippen molar-refractivity contribution in [3.63, 3.8) is 0 Å². The van der Waals surface area contributed by atoms with Crippen LogP contribution in [0.5, 0.6) is 0 Å². The smallest absolute Gasteiger partial charge is 0.0687 e. The van der Waals surface area contributed by atoms with Gasteiger partial charge >= 0.3 is 0 Å². The van der Waals surface area contributed by atoms with Crippen LogP contribution in [0.3, 0.4) is 0 Å². The van der Waals surface area contributed by atoms with E-state index in [1.54, 1.807) is 24.8 Å². The van der Waals surface area contributed by atoms with E-state index in [1.165, 1.54) is 11.1 Å². The Balaban J connectivity index is 0.000000165. The Hall–Kier alpha value is -4.44. The van der Waals surface area contributed by atoms with Gasteiger partial charge in [0.05, 0.1) is 5.69 Å². The monoisotopic (exact) mass is 698 g/mol. The first-order valence-electron chi connectivity index (χ1n) is 12.6. The molecule has 1 radical (unpaired) electrons. The molecule has 0 aliphatic carbocycles. The Labute approximate surface area is 250 Å². The number of pyridine rings is 2. The van der Waals surface area contributed by atoms with Gasteiger partial charge in [0.15, 0.2) is 0 Å². The number of hydrogen-bond donors (Lipinski definition) is 0. The molecule has 6 rings (SSSR count). The van der Waals surface area contributed by atoms with Crippen molar-refractivity contribution in [1.29, 1.82) is 0 Å². The average Bonchev–Trinajstić information content (AvgIpc) is 3.53. The van der Waals surface area contributed by atoms with Crippen molar-refractivity contribution in [2.24, 2.45) is 4.99 Å². The molecule has 0 N–H and O–H groups in total. The molecular formula is C35H29IrN4-3. The Kier molecular flexibility index (Phi) is 12.4. The van der Waals surface area contributed by atoms with Crippen LogP contribution >= 0.6 is 0 Å². The number of benzene rings is 3. The van der Waals surface area contributed by atoms with Crippen molar-refractivity contribution in [2.75, 3.05) is 0 Å². The van der Waals surface area contributed by atoms with Crippen LogP contribution in [0.4, 0.5) is 5.69 Å². The van der Waals surface area contributed by atoms with Crippen LogP contribution in [0.25, 0.3) is 22.5 Å². The third kappa shape index (κ3) is 9.39. The fourth-order valence-electron chi connectivity index (χ4n) is 3.68. The molecule has 0 spiro atoms. The molecule has 0 aliphatic heterocycles. The van der Waals surface area contributed by atoms with Crippen molar-refractivity contribution in [3.8, 4) is 22.5 Å². The van der Waals surface area contributed by atoms with E-state index in [0.717, 1.165) is 33.9 Å². The Morgan fingerprint density at radius 3 is 1.60 bits per heavy atom. The van der Waals surface area contributed by atoms with E-state index < -0.39 is 0 Å². The second kappa shape index (κ2) is 16.5. The topological polar surface area (TPSA) is 52.2 Å². The van der Waals surface area contributed by atoms with E-state index in [9.17, 15) is 0 Å². The van der Waals surface area contributed by atoms with Crippen molar-refractivity contribution in [3.05, 3.63) is 163 Å². The molecular weight excluding hydrogens is 669 g/mol. The molecule has 0 aliphatic rings. The summed E-state index contributed by atoms with van der Waals surface area (Å²) in [5.41, 5.74) is 8.35. The third-order valence-electron chi connectivity index (χ3n) is 5.64. The molecule has 0 atom stereocenters. The molecule has 0 saturated heterocycles. The van der Waals surface area contributed by atoms with Crippen molar-refractivity contribution >= 4 is 11.9 Å². The summed E-state index contributed by atoms with van der Waals surface area (Å²) in [5.74, 6) is 0. The van der Waals surface area contributed by atoms with Gasteiger partial charge < -0.3 is 15.0 Å². The Bertz CT molecular complexity index is 1370. The second-order valence-corrected chi connectivity index (χ2v) is 8.54. The maximum atomic E-state index is 4.46. The molecule has 4 nitrogen and oxygen atoms in total. The predicted octanol–water partition coefficient (Wildman–Crippen LogP) is 8.11. The number of rotatable bonds is 4. The predicted molar refractivity (Wildman–Crippen MR) is 160 cm³/mol. The third-order valence-corrected chi connectivity index (χ3v) is 5.64. The molecule has 0 fully saturated rings. The van der Waals surface area contributed by atoms with E-state index in [1.807, 2.05) is 103 Å². The van der Waals surface area contributed by atoms with Crippen molar-refractivity contribution < 1.29 is 20.1 Å². The van der Waals surface area contributed by atoms with Gasteiger partial charge in [0.2, 0.25) is 0 Å². The Morgan fingerprint density at radius 1 is 0.625 bits per heavy atom. The summed E-state index contributed by atoms with van der Waals surface area (Å²) in [6.45, 7) is 4.14. The fourth-order valence-corrected chi connectivity index (χ4v) is 3.68. The van der Waals surface area contributed by atoms with E-state index in [-0.39, 0.29) is 20.1 Å². The molecule has 0 amide bonds. The summed E-state index contributed by atoms with van der Waals surface area (Å²) in [6, 6.07) is 43.7. The minimum atomic E-state index is 0. The zero-order valence-electron chi connectivity index (χ0n) is 22.4. The minimum Gasteiger partial charge on any atom is -0.663 e. The molecule has 3 aromatic carbocycles. The minimum absolute atomic E-state index is 0. The Morgan fingerprint density at radius 2 is 1.18 bits per heavy atom. The maximum absolute atomic E-state index is 4.46. The zero-order chi connectivity index (χ0) is 27.1. The van der Waals surface area contributed by atoms with Crippen LogP contribution in [0.15, 0.2) is 139 Å². The molecule has 0 saturated carbocycles. The number of para-hydroxylation sites is 1. The van der Waals surface area contributed by atoms with Crippen LogP contribution in [0.2, 0.25) is 0 Å². The van der Waals surface area contributed by atoms with Gasteiger partial charge in [-0.15, -0.1) is 77.5 Å². The first-order chi connectivity index (χ1) is 19.2. The zero-order valence-corrected chi connectivity index (χ0v) is 24.8. The SMILES string of the molecule is Cc1cccc(C)c1N=Cc1ccc[n-]1.[Ir].[c-]1ccccc1-c1ccccn1.[c-]1ccccc1-c1ccccn1. The number of aromatic nitrogens is 3. The van der Waals surface area contributed by atoms with Crippen LogP contribution in [-0.4, -0.2) is 16.2 Å². The van der Waals surface area contributed by atoms with Crippen LogP contribution in [0.1, 0.15) is 16.8 Å². The van der Waals surface area contributed by atoms with Crippen LogP contribution in [-0.2, 0) is 20.1 Å². The summed E-state index contributed by atoms with van der Waals surface area (Å²) < 4.78 is 0. The second-order valence-electron chi connectivity index (χ2n) is 8.54. The maximum Gasteiger partial charge on any atom is 0.0687 e. The average molecular weight is 698 g/mol. The van der Waals surface area contributed by atoms with Gasteiger partial charge in [-0.2, -0.15) is 6.20 Å². The summed E-state index contributed by atoms with van der Waals surface area (Å²) in [5, 5.41) is 0. The van der Waals surface area contributed by atoms with Gasteiger partial charge in [0.1, 0.15) is 0 Å². The van der Waals surface area contributed by atoms with Gasteiger partial charge in [-0.25, -0.2) is 0 Å². The van der Waals surface area contributed by atoms with E-state index >= 15 is 0 Å². The molecule has 3 heterocycles. The van der Waals surface area contributed by atoms with Gasteiger partial charge in [0.25, 0.3) is 0 Å². The number of hydrogen-bond acceptors (Lipinski definition) is 3. The first kappa shape index (κ1) is 30.1. The van der Waals surface area contributed by atoms with E-state index in [2.05, 4.69) is 58.1 Å². The number of nitrogens with zero attached hydrogens (tertiary/aromatic N) is 4. The summed E-state index contributed by atoms with van der Waals surface area (Å²) in [7, 11) is 0. The van der Waals surface area contributed by atoms with Crippen molar-refractivity contribution in [1.82, 2.24) is 15.0 Å². The molecule has 0 unspecified atom stereocenters. The largest absolute Gasteiger partial charge is 0.663 e. The van der Waals surface area contributed by atoms with Crippen LogP contribution in [0, 0.1) is 26.0 Å². The van der Waals surface area contributed by atoms with Gasteiger partial charge in [-0.3, -0.25) is 4.99 Å². The van der Waals surface area contributed by atoms with E-state index in [4.69, 9.17) is 0 Å². The molecule has 0 bridgehead atoms. The summed E-state index contributed by atoms with van der Waals surface area (Å²) in [6.07, 6.45) is 7.15. The normalized spacial score (nSPS) is 9.95. The van der Waals surface area contributed by atoms with E-state index in [0.29, 0.717) is 0 Å². The van der Waals surface area contributed by atoms with Gasteiger partial charge in [-0.05, 0) is 48.5 Å². The summed E-state index contributed by atoms with van der Waals surface area (Å²) in [4.78, 5) is 17.0. The number of aliphatic imine (C=N–C) groups is 1. The standard InChI is InChI=1S/C13H13N2.2C11H8N.Ir/c1-10-5-3-6-11(2)13(10)15-9-12-7-4-8-14-12;2*1-2-6-10(7-3-1)11-8-4-5-9-12-11;/h3-9H,1-2H3;2*1-6,8-9H;/q3*-1;. The fraction of sp³-hybridized carbons (Fsp3) is 0.0571. The molecule has 201 valence electrons. The van der Waals surface area contributed by atoms with Gasteiger partial charge in [-0.1, -0.05) is 54.6 Å². The summed E-state index contributed by atoms with van der Waals surface area (Å²) >= 11 is 0. The molecule has 6 aromatic rings. The van der Waals surface area contributed by atoms with Crippen molar-refractivity contribution in [2.45, 2.75) is 13.8 Å². The number of aryl methyl sites for hydroxylation is 2. The molecule has 3 aromatic heterocycles. The molecule has 5 heteroatoms.